The topological polar surface area (TPSA) is 9.23 Å². The standard InChI is InChI=1S/C28H25F5O/c1-2-3-17-5-13-25(34-16-17)20-9-7-19(8-10-20)22-12-11-21(26(31)27(22)32)6-4-18-14-23(29)28(33)24(30)15-18/h2-3,7-12,14-15,17,25H,4-6,13,16H2,1H3/b3-2+. The molecule has 6 heteroatoms. The first-order valence-corrected chi connectivity index (χ1v) is 11.3. The second-order valence-corrected chi connectivity index (χ2v) is 8.58. The molecule has 1 aliphatic rings. The number of allylic oxidation sites excluding steroid dienone is 1. The Kier molecular flexibility index (Phi) is 7.47. The second kappa shape index (κ2) is 10.5. The molecule has 2 atom stereocenters. The van der Waals surface area contributed by atoms with Gasteiger partial charge in [-0.25, -0.2) is 22.0 Å². The van der Waals surface area contributed by atoms with Gasteiger partial charge in [0.25, 0.3) is 0 Å². The maximum absolute atomic E-state index is 14.8. The average Bonchev–Trinajstić information content (AvgIpc) is 2.84. The van der Waals surface area contributed by atoms with Crippen molar-refractivity contribution in [3.05, 3.63) is 106 Å². The molecular weight excluding hydrogens is 447 g/mol. The predicted molar refractivity (Wildman–Crippen MR) is 122 cm³/mol. The van der Waals surface area contributed by atoms with Gasteiger partial charge in [-0.3, -0.25) is 0 Å². The minimum atomic E-state index is -1.55. The summed E-state index contributed by atoms with van der Waals surface area (Å²) in [6.45, 7) is 2.66. The van der Waals surface area contributed by atoms with E-state index < -0.39 is 29.1 Å². The van der Waals surface area contributed by atoms with Crippen LogP contribution >= 0.6 is 0 Å². The Balaban J connectivity index is 1.45. The summed E-state index contributed by atoms with van der Waals surface area (Å²) in [5.74, 6) is -5.73. The van der Waals surface area contributed by atoms with Gasteiger partial charge < -0.3 is 4.74 Å². The minimum Gasteiger partial charge on any atom is -0.373 e. The third-order valence-corrected chi connectivity index (χ3v) is 6.26. The number of hydrogen-bond acceptors (Lipinski definition) is 1. The molecule has 1 fully saturated rings. The van der Waals surface area contributed by atoms with Crippen molar-refractivity contribution in [1.29, 1.82) is 0 Å². The van der Waals surface area contributed by atoms with Crippen LogP contribution in [0.15, 0.2) is 60.7 Å². The lowest BCUT2D eigenvalue weighted by Crippen LogP contribution is -2.19. The van der Waals surface area contributed by atoms with E-state index in [-0.39, 0.29) is 35.6 Å². The van der Waals surface area contributed by atoms with Crippen molar-refractivity contribution in [2.75, 3.05) is 6.61 Å². The molecular formula is C28H25F5O. The van der Waals surface area contributed by atoms with Gasteiger partial charge in [0.1, 0.15) is 0 Å². The van der Waals surface area contributed by atoms with E-state index in [4.69, 9.17) is 4.74 Å². The van der Waals surface area contributed by atoms with E-state index >= 15 is 0 Å². The molecule has 0 aliphatic carbocycles. The first-order chi connectivity index (χ1) is 16.4. The van der Waals surface area contributed by atoms with Crippen LogP contribution in [-0.4, -0.2) is 6.61 Å². The maximum Gasteiger partial charge on any atom is 0.194 e. The smallest absolute Gasteiger partial charge is 0.194 e. The van der Waals surface area contributed by atoms with Crippen LogP contribution < -0.4 is 0 Å². The summed E-state index contributed by atoms with van der Waals surface area (Å²) in [6, 6.07) is 11.9. The van der Waals surface area contributed by atoms with Crippen LogP contribution in [0.1, 0.15) is 42.6 Å². The van der Waals surface area contributed by atoms with Crippen molar-refractivity contribution in [3.8, 4) is 11.1 Å². The molecule has 0 bridgehead atoms. The summed E-state index contributed by atoms with van der Waals surface area (Å²) in [4.78, 5) is 0. The van der Waals surface area contributed by atoms with Crippen molar-refractivity contribution in [1.82, 2.24) is 0 Å². The molecule has 1 aliphatic heterocycles. The second-order valence-electron chi connectivity index (χ2n) is 8.58. The Morgan fingerprint density at radius 3 is 2.15 bits per heavy atom. The van der Waals surface area contributed by atoms with Crippen LogP contribution in [0.4, 0.5) is 22.0 Å². The van der Waals surface area contributed by atoms with Gasteiger partial charge in [0.15, 0.2) is 29.1 Å². The number of rotatable bonds is 6. The molecule has 1 saturated heterocycles. The molecule has 3 aromatic carbocycles. The molecule has 178 valence electrons. The summed E-state index contributed by atoms with van der Waals surface area (Å²) < 4.78 is 75.4. The molecule has 2 unspecified atom stereocenters. The molecule has 0 radical (unpaired) electrons. The summed E-state index contributed by atoms with van der Waals surface area (Å²) in [7, 11) is 0. The molecule has 0 amide bonds. The van der Waals surface area contributed by atoms with Crippen LogP contribution in [0.25, 0.3) is 11.1 Å². The van der Waals surface area contributed by atoms with Crippen molar-refractivity contribution < 1.29 is 26.7 Å². The van der Waals surface area contributed by atoms with Gasteiger partial charge in [-0.1, -0.05) is 48.6 Å². The quantitative estimate of drug-likeness (QED) is 0.201. The summed E-state index contributed by atoms with van der Waals surface area (Å²) in [5, 5.41) is 0. The van der Waals surface area contributed by atoms with Gasteiger partial charge in [-0.05, 0) is 67.0 Å². The Bertz CT molecular complexity index is 1160. The number of aryl methyl sites for hydroxylation is 2. The average molecular weight is 472 g/mol. The summed E-state index contributed by atoms with van der Waals surface area (Å²) in [6.07, 6.45) is 6.15. The van der Waals surface area contributed by atoms with Crippen molar-refractivity contribution in [2.24, 2.45) is 5.92 Å². The lowest BCUT2D eigenvalue weighted by atomic mass is 9.93. The highest BCUT2D eigenvalue weighted by Gasteiger charge is 2.22. The monoisotopic (exact) mass is 472 g/mol. The zero-order chi connectivity index (χ0) is 24.2. The highest BCUT2D eigenvalue weighted by atomic mass is 19.2. The van der Waals surface area contributed by atoms with E-state index in [9.17, 15) is 22.0 Å². The predicted octanol–water partition coefficient (Wildman–Crippen LogP) is 7.88. The van der Waals surface area contributed by atoms with E-state index in [2.05, 4.69) is 6.08 Å². The number of halogens is 5. The fourth-order valence-electron chi connectivity index (χ4n) is 4.37. The third-order valence-electron chi connectivity index (χ3n) is 6.26. The zero-order valence-electron chi connectivity index (χ0n) is 18.8. The molecule has 1 nitrogen and oxygen atoms in total. The molecule has 0 spiro atoms. The summed E-state index contributed by atoms with van der Waals surface area (Å²) in [5.41, 5.74) is 1.91. The number of benzene rings is 3. The van der Waals surface area contributed by atoms with Crippen LogP contribution in [-0.2, 0) is 17.6 Å². The van der Waals surface area contributed by atoms with Crippen molar-refractivity contribution in [2.45, 2.75) is 38.7 Å². The summed E-state index contributed by atoms with van der Waals surface area (Å²) >= 11 is 0. The first-order valence-electron chi connectivity index (χ1n) is 11.3. The minimum absolute atomic E-state index is 0.0133. The van der Waals surface area contributed by atoms with Gasteiger partial charge in [0.2, 0.25) is 0 Å². The lowest BCUT2D eigenvalue weighted by molar-refractivity contribution is -0.00524. The molecule has 0 saturated carbocycles. The van der Waals surface area contributed by atoms with Crippen molar-refractivity contribution in [3.63, 3.8) is 0 Å². The van der Waals surface area contributed by atoms with E-state index in [1.807, 2.05) is 25.1 Å². The zero-order valence-corrected chi connectivity index (χ0v) is 18.8. The largest absolute Gasteiger partial charge is 0.373 e. The van der Waals surface area contributed by atoms with Gasteiger partial charge in [-0.15, -0.1) is 0 Å². The maximum atomic E-state index is 14.8. The Labute approximate surface area is 195 Å². The SMILES string of the molecule is C/C=C/C1CCC(c2ccc(-c3ccc(CCc4cc(F)c(F)c(F)c4)c(F)c3F)cc2)OC1. The van der Waals surface area contributed by atoms with E-state index in [1.54, 1.807) is 12.1 Å². The fraction of sp³-hybridized carbons (Fsp3) is 0.286. The van der Waals surface area contributed by atoms with Gasteiger partial charge in [-0.2, -0.15) is 0 Å². The molecule has 3 aromatic rings. The van der Waals surface area contributed by atoms with Crippen molar-refractivity contribution >= 4 is 0 Å². The highest BCUT2D eigenvalue weighted by Crippen LogP contribution is 2.33. The van der Waals surface area contributed by atoms with E-state index in [1.165, 1.54) is 12.1 Å². The third kappa shape index (κ3) is 5.22. The number of ether oxygens (including phenoxy) is 1. The van der Waals surface area contributed by atoms with Crippen LogP contribution in [0.5, 0.6) is 0 Å². The highest BCUT2D eigenvalue weighted by molar-refractivity contribution is 5.65. The Morgan fingerprint density at radius 2 is 1.53 bits per heavy atom. The molecule has 4 rings (SSSR count). The van der Waals surface area contributed by atoms with Crippen LogP contribution in [0, 0.1) is 35.0 Å². The van der Waals surface area contributed by atoms with Gasteiger partial charge in [0, 0.05) is 11.5 Å². The van der Waals surface area contributed by atoms with Crippen LogP contribution in [0.3, 0.4) is 0 Å². The van der Waals surface area contributed by atoms with Gasteiger partial charge >= 0.3 is 0 Å². The molecule has 0 N–H and O–H groups in total. The lowest BCUT2D eigenvalue weighted by Gasteiger charge is -2.27. The fourth-order valence-corrected chi connectivity index (χ4v) is 4.37. The van der Waals surface area contributed by atoms with E-state index in [0.29, 0.717) is 18.1 Å². The molecule has 1 heterocycles. The van der Waals surface area contributed by atoms with Gasteiger partial charge in [0.05, 0.1) is 12.7 Å². The molecule has 34 heavy (non-hydrogen) atoms. The normalized spacial score (nSPS) is 18.5. The first kappa shape index (κ1) is 24.1. The van der Waals surface area contributed by atoms with E-state index in [0.717, 1.165) is 30.5 Å². The number of hydrogen-bond donors (Lipinski definition) is 0. The van der Waals surface area contributed by atoms with Crippen LogP contribution in [0.2, 0.25) is 0 Å². The molecule has 0 aromatic heterocycles. The Morgan fingerprint density at radius 1 is 0.824 bits per heavy atom. The Hall–Kier alpha value is -2.99.